The second kappa shape index (κ2) is 11.6. The molecular weight excluding hydrogens is 320 g/mol. The van der Waals surface area contributed by atoms with Crippen molar-refractivity contribution in [2.24, 2.45) is 11.8 Å². The molecule has 0 saturated heterocycles. The van der Waals surface area contributed by atoms with Crippen LogP contribution in [0.3, 0.4) is 0 Å². The Morgan fingerprint density at radius 3 is 2.12 bits per heavy atom. The fourth-order valence-corrected chi connectivity index (χ4v) is 4.05. The standard InChI is InChI=1S/C20H34O3S/c1-4-7-12-19(11-5-2)16-15-18(6-3)17-23-24(21,22)20-13-9-8-10-14-20/h8-10,13-14,18-19H,4-7,11-12,15-17H2,1-3H3. The lowest BCUT2D eigenvalue weighted by molar-refractivity contribution is 0.227. The summed E-state index contributed by atoms with van der Waals surface area (Å²) < 4.78 is 29.7. The van der Waals surface area contributed by atoms with Crippen LogP contribution in [-0.2, 0) is 14.3 Å². The molecule has 0 amide bonds. The Morgan fingerprint density at radius 1 is 0.875 bits per heavy atom. The predicted molar refractivity (Wildman–Crippen MR) is 101 cm³/mol. The number of hydrogen-bond donors (Lipinski definition) is 0. The van der Waals surface area contributed by atoms with E-state index in [4.69, 9.17) is 4.18 Å². The van der Waals surface area contributed by atoms with Crippen molar-refractivity contribution in [2.75, 3.05) is 6.61 Å². The van der Waals surface area contributed by atoms with Crippen LogP contribution in [0.5, 0.6) is 0 Å². The van der Waals surface area contributed by atoms with Crippen LogP contribution in [-0.4, -0.2) is 15.0 Å². The average Bonchev–Trinajstić information content (AvgIpc) is 2.60. The molecule has 0 spiro atoms. The molecule has 0 saturated carbocycles. The third-order valence-corrected chi connectivity index (χ3v) is 6.01. The molecule has 0 aromatic heterocycles. The van der Waals surface area contributed by atoms with Gasteiger partial charge in [0.1, 0.15) is 0 Å². The van der Waals surface area contributed by atoms with Crippen LogP contribution in [0.4, 0.5) is 0 Å². The van der Waals surface area contributed by atoms with Gasteiger partial charge in [-0.3, -0.25) is 4.18 Å². The molecule has 2 atom stereocenters. The maximum Gasteiger partial charge on any atom is 0.296 e. The van der Waals surface area contributed by atoms with Gasteiger partial charge >= 0.3 is 0 Å². The zero-order valence-corrected chi connectivity index (χ0v) is 16.4. The molecule has 1 aromatic carbocycles. The maximum atomic E-state index is 12.2. The van der Waals surface area contributed by atoms with Crippen LogP contribution in [0.15, 0.2) is 35.2 Å². The number of unbranched alkanes of at least 4 members (excludes halogenated alkanes) is 1. The molecule has 138 valence electrons. The minimum atomic E-state index is -3.63. The molecule has 4 heteroatoms. The van der Waals surface area contributed by atoms with Crippen molar-refractivity contribution in [1.82, 2.24) is 0 Å². The summed E-state index contributed by atoms with van der Waals surface area (Å²) in [6.07, 6.45) is 9.52. The van der Waals surface area contributed by atoms with Gasteiger partial charge in [-0.2, -0.15) is 8.42 Å². The molecule has 2 unspecified atom stereocenters. The smallest absolute Gasteiger partial charge is 0.266 e. The van der Waals surface area contributed by atoms with Crippen LogP contribution in [0, 0.1) is 11.8 Å². The first-order valence-corrected chi connectivity index (χ1v) is 10.9. The van der Waals surface area contributed by atoms with Gasteiger partial charge in [0, 0.05) is 0 Å². The van der Waals surface area contributed by atoms with Crippen LogP contribution in [0.25, 0.3) is 0 Å². The highest BCUT2D eigenvalue weighted by Gasteiger charge is 2.18. The second-order valence-corrected chi connectivity index (χ2v) is 8.32. The van der Waals surface area contributed by atoms with Gasteiger partial charge in [0.2, 0.25) is 0 Å². The van der Waals surface area contributed by atoms with E-state index in [-0.39, 0.29) is 4.90 Å². The molecule has 1 rings (SSSR count). The van der Waals surface area contributed by atoms with E-state index < -0.39 is 10.1 Å². The zero-order chi connectivity index (χ0) is 17.8. The highest BCUT2D eigenvalue weighted by Crippen LogP contribution is 2.25. The summed E-state index contributed by atoms with van der Waals surface area (Å²) in [6.45, 7) is 6.89. The summed E-state index contributed by atoms with van der Waals surface area (Å²) in [7, 11) is -3.63. The van der Waals surface area contributed by atoms with Crippen molar-refractivity contribution < 1.29 is 12.6 Å². The van der Waals surface area contributed by atoms with Gasteiger partial charge in [-0.05, 0) is 30.4 Å². The number of benzene rings is 1. The molecule has 0 bridgehead atoms. The van der Waals surface area contributed by atoms with Crippen LogP contribution >= 0.6 is 0 Å². The Kier molecular flexibility index (Phi) is 10.3. The second-order valence-electron chi connectivity index (χ2n) is 6.70. The summed E-state index contributed by atoms with van der Waals surface area (Å²) in [5.41, 5.74) is 0. The Hall–Kier alpha value is -0.870. The lowest BCUT2D eigenvalue weighted by atomic mass is 9.88. The van der Waals surface area contributed by atoms with Crippen LogP contribution in [0.2, 0.25) is 0 Å². The van der Waals surface area contributed by atoms with Gasteiger partial charge in [-0.15, -0.1) is 0 Å². The highest BCUT2D eigenvalue weighted by atomic mass is 32.2. The monoisotopic (exact) mass is 354 g/mol. The van der Waals surface area contributed by atoms with E-state index in [0.29, 0.717) is 12.5 Å². The van der Waals surface area contributed by atoms with Crippen LogP contribution < -0.4 is 0 Å². The lowest BCUT2D eigenvalue weighted by Gasteiger charge is -2.20. The predicted octanol–water partition coefficient (Wildman–Crippen LogP) is 5.80. The molecule has 0 aliphatic rings. The topological polar surface area (TPSA) is 43.4 Å². The van der Waals surface area contributed by atoms with E-state index in [9.17, 15) is 8.42 Å². The lowest BCUT2D eigenvalue weighted by Crippen LogP contribution is -2.15. The van der Waals surface area contributed by atoms with Crippen LogP contribution in [0.1, 0.15) is 72.1 Å². The van der Waals surface area contributed by atoms with Gasteiger partial charge in [-0.25, -0.2) is 0 Å². The first-order valence-electron chi connectivity index (χ1n) is 9.47. The molecule has 0 fully saturated rings. The first kappa shape index (κ1) is 21.2. The Bertz CT molecular complexity index is 525. The van der Waals surface area contributed by atoms with Crippen molar-refractivity contribution in [1.29, 1.82) is 0 Å². The van der Waals surface area contributed by atoms with E-state index in [1.807, 2.05) is 0 Å². The van der Waals surface area contributed by atoms with Crippen molar-refractivity contribution in [3.05, 3.63) is 30.3 Å². The average molecular weight is 355 g/mol. The van der Waals surface area contributed by atoms with E-state index in [0.717, 1.165) is 18.8 Å². The molecule has 3 nitrogen and oxygen atoms in total. The van der Waals surface area contributed by atoms with Gasteiger partial charge in [0.05, 0.1) is 11.5 Å². The van der Waals surface area contributed by atoms with Gasteiger partial charge in [0.15, 0.2) is 0 Å². The minimum absolute atomic E-state index is 0.242. The normalized spacial score (nSPS) is 14.5. The maximum absolute atomic E-state index is 12.2. The Morgan fingerprint density at radius 2 is 1.54 bits per heavy atom. The summed E-state index contributed by atoms with van der Waals surface area (Å²) in [5, 5.41) is 0. The van der Waals surface area contributed by atoms with Crippen molar-refractivity contribution in [2.45, 2.75) is 77.0 Å². The molecular formula is C20H34O3S. The zero-order valence-electron chi connectivity index (χ0n) is 15.5. The summed E-state index contributed by atoms with van der Waals surface area (Å²) >= 11 is 0. The van der Waals surface area contributed by atoms with Gasteiger partial charge in [0.25, 0.3) is 10.1 Å². The molecule has 0 radical (unpaired) electrons. The first-order chi connectivity index (χ1) is 11.5. The van der Waals surface area contributed by atoms with E-state index >= 15 is 0 Å². The molecule has 0 aliphatic carbocycles. The SMILES string of the molecule is CCCCC(CCC)CCC(CC)COS(=O)(=O)c1ccccc1. The largest absolute Gasteiger partial charge is 0.296 e. The number of rotatable bonds is 13. The molecule has 0 heterocycles. The minimum Gasteiger partial charge on any atom is -0.266 e. The molecule has 0 aliphatic heterocycles. The third-order valence-electron chi connectivity index (χ3n) is 4.71. The highest BCUT2D eigenvalue weighted by molar-refractivity contribution is 7.86. The van der Waals surface area contributed by atoms with Crippen molar-refractivity contribution >= 4 is 10.1 Å². The third kappa shape index (κ3) is 7.80. The Labute approximate surface area is 148 Å². The van der Waals surface area contributed by atoms with E-state index in [2.05, 4.69) is 20.8 Å². The van der Waals surface area contributed by atoms with E-state index in [1.165, 1.54) is 38.5 Å². The quantitative estimate of drug-likeness (QED) is 0.420. The summed E-state index contributed by atoms with van der Waals surface area (Å²) in [6, 6.07) is 8.40. The van der Waals surface area contributed by atoms with Crippen molar-refractivity contribution in [3.63, 3.8) is 0 Å². The molecule has 1 aromatic rings. The van der Waals surface area contributed by atoms with E-state index in [1.54, 1.807) is 30.3 Å². The summed E-state index contributed by atoms with van der Waals surface area (Å²) in [4.78, 5) is 0.242. The fourth-order valence-electron chi connectivity index (χ4n) is 3.05. The van der Waals surface area contributed by atoms with Crippen molar-refractivity contribution in [3.8, 4) is 0 Å². The Balaban J connectivity index is 2.49. The summed E-state index contributed by atoms with van der Waals surface area (Å²) in [5.74, 6) is 1.08. The molecule has 24 heavy (non-hydrogen) atoms. The van der Waals surface area contributed by atoms with Gasteiger partial charge < -0.3 is 0 Å². The molecule has 0 N–H and O–H groups in total. The fraction of sp³-hybridized carbons (Fsp3) is 0.700. The van der Waals surface area contributed by atoms with Gasteiger partial charge in [-0.1, -0.05) is 83.9 Å². The number of hydrogen-bond acceptors (Lipinski definition) is 3.